The van der Waals surface area contributed by atoms with Gasteiger partial charge in [0.15, 0.2) is 5.82 Å². The average Bonchev–Trinajstić information content (AvgIpc) is 2.69. The molecule has 2 bridgehead atoms. The normalized spacial score (nSPS) is 18.9. The molecule has 2 aromatic carbocycles. The van der Waals surface area contributed by atoms with E-state index in [9.17, 15) is 4.79 Å². The van der Waals surface area contributed by atoms with E-state index in [4.69, 9.17) is 9.73 Å². The first-order valence-corrected chi connectivity index (χ1v) is 8.45. The Morgan fingerprint density at radius 1 is 1.07 bits per heavy atom. The van der Waals surface area contributed by atoms with Crippen LogP contribution in [0.25, 0.3) is 17.0 Å². The van der Waals surface area contributed by atoms with Crippen LogP contribution in [0, 0.1) is 0 Å². The van der Waals surface area contributed by atoms with Crippen molar-refractivity contribution in [2.45, 2.75) is 0 Å². The lowest BCUT2D eigenvalue weighted by Gasteiger charge is -2.06. The first kappa shape index (κ1) is 16.7. The van der Waals surface area contributed by atoms with Gasteiger partial charge in [0.25, 0.3) is 0 Å². The van der Waals surface area contributed by atoms with Crippen LogP contribution in [0.1, 0.15) is 0 Å². The molecule has 0 radical (unpaired) electrons. The van der Waals surface area contributed by atoms with E-state index in [1.807, 2.05) is 48.5 Å². The van der Waals surface area contributed by atoms with E-state index in [-0.39, 0.29) is 12.5 Å². The molecule has 1 aliphatic heterocycles. The number of carbonyl (C=O) groups is 1. The number of nitrogens with one attached hydrogen (secondary N) is 1. The van der Waals surface area contributed by atoms with E-state index >= 15 is 0 Å². The van der Waals surface area contributed by atoms with Crippen molar-refractivity contribution in [2.24, 2.45) is 4.99 Å². The van der Waals surface area contributed by atoms with E-state index < -0.39 is 0 Å². The molecule has 0 atom stereocenters. The Morgan fingerprint density at radius 2 is 2.00 bits per heavy atom. The van der Waals surface area contributed by atoms with Gasteiger partial charge in [-0.3, -0.25) is 4.79 Å². The Morgan fingerprint density at radius 3 is 2.96 bits per heavy atom. The smallest absolute Gasteiger partial charge is 0.247 e. The van der Waals surface area contributed by atoms with Gasteiger partial charge in [0.1, 0.15) is 18.7 Å². The van der Waals surface area contributed by atoms with Gasteiger partial charge in [0.05, 0.1) is 10.9 Å². The number of allylic oxidation sites excluding steroid dienone is 1. The third kappa shape index (κ3) is 3.90. The number of hydrogen-bond donors (Lipinski definition) is 1. The fourth-order valence-electron chi connectivity index (χ4n) is 2.68. The van der Waals surface area contributed by atoms with Gasteiger partial charge in [-0.15, -0.1) is 0 Å². The number of aromatic nitrogens is 2. The van der Waals surface area contributed by atoms with Crippen LogP contribution in [0.15, 0.2) is 78.2 Å². The zero-order valence-corrected chi connectivity index (χ0v) is 14.4. The summed E-state index contributed by atoms with van der Waals surface area (Å²) in [5.41, 5.74) is 0.786. The van der Waals surface area contributed by atoms with Crippen LogP contribution in [0.4, 0.5) is 5.82 Å². The van der Waals surface area contributed by atoms with Crippen molar-refractivity contribution in [2.75, 3.05) is 6.61 Å². The molecule has 4 rings (SSSR count). The Labute approximate surface area is 155 Å². The summed E-state index contributed by atoms with van der Waals surface area (Å²) in [7, 11) is 0. The van der Waals surface area contributed by atoms with E-state index in [0.29, 0.717) is 11.6 Å². The molecule has 1 aliphatic rings. The topological polar surface area (TPSA) is 76.5 Å². The summed E-state index contributed by atoms with van der Waals surface area (Å²) in [6, 6.07) is 13.3. The minimum atomic E-state index is -0.220. The number of nitrogens with zero attached hydrogens (tertiary/aromatic N) is 3. The van der Waals surface area contributed by atoms with Crippen molar-refractivity contribution in [3.8, 4) is 5.75 Å². The first-order valence-electron chi connectivity index (χ1n) is 8.45. The first-order chi connectivity index (χ1) is 13.3. The lowest BCUT2D eigenvalue weighted by molar-refractivity contribution is -0.115. The Balaban J connectivity index is 1.94. The lowest BCUT2D eigenvalue weighted by atomic mass is 10.2. The van der Waals surface area contributed by atoms with Crippen LogP contribution in [0.3, 0.4) is 0 Å². The third-order valence-electron chi connectivity index (χ3n) is 3.96. The summed E-state index contributed by atoms with van der Waals surface area (Å²) in [6.45, 7) is 0.276. The molecule has 6 nitrogen and oxygen atoms in total. The molecule has 3 aromatic rings. The van der Waals surface area contributed by atoms with Gasteiger partial charge in [-0.2, -0.15) is 0 Å². The number of para-hydroxylation sites is 1. The zero-order chi connectivity index (χ0) is 18.5. The van der Waals surface area contributed by atoms with Crippen molar-refractivity contribution in [1.82, 2.24) is 15.3 Å². The van der Waals surface area contributed by atoms with Crippen molar-refractivity contribution >= 4 is 28.7 Å². The maximum atomic E-state index is 11.8. The van der Waals surface area contributed by atoms with E-state index in [1.54, 1.807) is 18.4 Å². The van der Waals surface area contributed by atoms with E-state index in [0.717, 1.165) is 21.5 Å². The van der Waals surface area contributed by atoms with Crippen LogP contribution in [0.2, 0.25) is 0 Å². The van der Waals surface area contributed by atoms with Gasteiger partial charge < -0.3 is 10.1 Å². The summed E-state index contributed by atoms with van der Waals surface area (Å²) in [6.07, 6.45) is 9.83. The minimum Gasteiger partial charge on any atom is -0.490 e. The maximum Gasteiger partial charge on any atom is 0.247 e. The summed E-state index contributed by atoms with van der Waals surface area (Å²) in [5.74, 6) is 1.01. The molecule has 0 unspecified atom stereocenters. The summed E-state index contributed by atoms with van der Waals surface area (Å²) < 4.78 is 5.70. The Bertz CT molecular complexity index is 1180. The number of amides is 1. The highest BCUT2D eigenvalue weighted by atomic mass is 16.5. The van der Waals surface area contributed by atoms with E-state index in [1.165, 1.54) is 12.4 Å². The van der Waals surface area contributed by atoms with Crippen molar-refractivity contribution in [3.05, 3.63) is 83.8 Å². The zero-order valence-electron chi connectivity index (χ0n) is 14.4. The second-order valence-corrected chi connectivity index (χ2v) is 5.79. The lowest BCUT2D eigenvalue weighted by Crippen LogP contribution is -2.23. The highest BCUT2D eigenvalue weighted by Crippen LogP contribution is 2.25. The largest absolute Gasteiger partial charge is 0.490 e. The highest BCUT2D eigenvalue weighted by molar-refractivity contribution is 5.89. The molecule has 0 spiro atoms. The fraction of sp³-hybridized carbons (Fsp3) is 0.0476. The number of fused-ring (bicyclic) bond motifs is 2. The predicted octanol–water partition coefficient (Wildman–Crippen LogP) is 1.94. The van der Waals surface area contributed by atoms with Crippen LogP contribution in [-0.2, 0) is 4.79 Å². The molecule has 132 valence electrons. The van der Waals surface area contributed by atoms with Gasteiger partial charge in [0.2, 0.25) is 5.91 Å². The second kappa shape index (κ2) is 7.61. The molecule has 6 heteroatoms. The standard InChI is InChI=1S/C21H16N4O2/c26-20-8-4-12-27-16-9-10-19-17(13-16)21(24-14-23-19)25-18-7-2-1-5-15(18)6-3-11-22-20/h1-11,13-14H,12H2,(H,22,26)/b8-4-,11-3+,15-6-,25-18+. The van der Waals surface area contributed by atoms with Crippen LogP contribution >= 0.6 is 0 Å². The van der Waals surface area contributed by atoms with Gasteiger partial charge in [0, 0.05) is 22.9 Å². The molecule has 0 saturated heterocycles. The van der Waals surface area contributed by atoms with Crippen molar-refractivity contribution < 1.29 is 9.53 Å². The molecule has 0 fully saturated rings. The molecule has 2 heterocycles. The molecule has 1 N–H and O–H groups in total. The van der Waals surface area contributed by atoms with Crippen LogP contribution < -0.4 is 20.6 Å². The number of ether oxygens (including phenoxy) is 1. The fourth-order valence-corrected chi connectivity index (χ4v) is 2.68. The quantitative estimate of drug-likeness (QED) is 0.668. The highest BCUT2D eigenvalue weighted by Gasteiger charge is 2.05. The average molecular weight is 356 g/mol. The molecule has 1 aromatic heterocycles. The molecule has 0 saturated carbocycles. The molecule has 1 amide bonds. The van der Waals surface area contributed by atoms with Crippen molar-refractivity contribution in [1.29, 1.82) is 0 Å². The number of rotatable bonds is 0. The molecular weight excluding hydrogens is 340 g/mol. The molecule has 0 aliphatic carbocycles. The van der Waals surface area contributed by atoms with E-state index in [2.05, 4.69) is 15.3 Å². The van der Waals surface area contributed by atoms with Crippen LogP contribution in [-0.4, -0.2) is 22.5 Å². The predicted molar refractivity (Wildman–Crippen MR) is 103 cm³/mol. The Hall–Kier alpha value is -3.80. The van der Waals surface area contributed by atoms with Crippen molar-refractivity contribution in [3.63, 3.8) is 0 Å². The monoisotopic (exact) mass is 356 g/mol. The molecular formula is C21H16N4O2. The molecule has 27 heavy (non-hydrogen) atoms. The third-order valence-corrected chi connectivity index (χ3v) is 3.96. The summed E-state index contributed by atoms with van der Waals surface area (Å²) in [5, 5.41) is 5.15. The van der Waals surface area contributed by atoms with Gasteiger partial charge in [-0.1, -0.05) is 24.3 Å². The van der Waals surface area contributed by atoms with Crippen LogP contribution in [0.5, 0.6) is 5.75 Å². The van der Waals surface area contributed by atoms with Gasteiger partial charge in [-0.05, 0) is 36.4 Å². The second-order valence-electron chi connectivity index (χ2n) is 5.79. The maximum absolute atomic E-state index is 11.8. The summed E-state index contributed by atoms with van der Waals surface area (Å²) >= 11 is 0. The number of hydrogen-bond acceptors (Lipinski definition) is 5. The van der Waals surface area contributed by atoms with Gasteiger partial charge in [-0.25, -0.2) is 15.0 Å². The number of benzene rings is 2. The number of carbonyl (C=O) groups excluding carboxylic acids is 1. The minimum absolute atomic E-state index is 0.220. The SMILES string of the molecule is O=C1/C=C\COc2ccc3ncnc(c3c2)\N=c2/cccc/c2=C/C=C/N1. The van der Waals surface area contributed by atoms with Gasteiger partial charge >= 0.3 is 0 Å². The Kier molecular flexibility index (Phi) is 4.70. The summed E-state index contributed by atoms with van der Waals surface area (Å²) in [4.78, 5) is 25.1.